The summed E-state index contributed by atoms with van der Waals surface area (Å²) in [6.45, 7) is 1.95. The number of benzene rings is 1. The summed E-state index contributed by atoms with van der Waals surface area (Å²) in [5.74, 6) is 0.816. The summed E-state index contributed by atoms with van der Waals surface area (Å²) in [5.41, 5.74) is 0. The molecule has 0 spiro atoms. The van der Waals surface area contributed by atoms with Crippen LogP contribution in [0, 0.1) is 0 Å². The van der Waals surface area contributed by atoms with Crippen molar-refractivity contribution in [3.05, 3.63) is 30.3 Å². The van der Waals surface area contributed by atoms with Crippen molar-refractivity contribution in [3.63, 3.8) is 0 Å². The first-order valence-corrected chi connectivity index (χ1v) is 7.15. The van der Waals surface area contributed by atoms with Crippen LogP contribution in [-0.4, -0.2) is 18.2 Å². The lowest BCUT2D eigenvalue weighted by atomic mass is 10.0. The van der Waals surface area contributed by atoms with Gasteiger partial charge in [0.25, 0.3) is 0 Å². The zero-order valence-electron chi connectivity index (χ0n) is 11.5. The highest BCUT2D eigenvalue weighted by atomic mass is 16.5. The van der Waals surface area contributed by atoms with E-state index in [1.165, 1.54) is 0 Å². The lowest BCUT2D eigenvalue weighted by Crippen LogP contribution is -2.26. The largest absolute Gasteiger partial charge is 0.490 e. The summed E-state index contributed by atoms with van der Waals surface area (Å²) >= 11 is 0. The molecule has 0 saturated carbocycles. The average Bonchev–Trinajstić information content (AvgIpc) is 2.38. The van der Waals surface area contributed by atoms with Crippen molar-refractivity contribution in [1.82, 2.24) is 0 Å². The normalized spacial score (nSPS) is 25.4. The summed E-state index contributed by atoms with van der Waals surface area (Å²) in [4.78, 5) is 11.5. The summed E-state index contributed by atoms with van der Waals surface area (Å²) in [6.07, 6.45) is 5.49. The van der Waals surface area contributed by atoms with E-state index in [0.29, 0.717) is 6.42 Å². The summed E-state index contributed by atoms with van der Waals surface area (Å²) < 4.78 is 11.4. The minimum Gasteiger partial charge on any atom is -0.490 e. The van der Waals surface area contributed by atoms with Gasteiger partial charge in [0, 0.05) is 12.8 Å². The molecule has 3 nitrogen and oxygen atoms in total. The van der Waals surface area contributed by atoms with Crippen LogP contribution in [0.25, 0.3) is 0 Å². The molecular weight excluding hydrogens is 240 g/mol. The topological polar surface area (TPSA) is 35.5 Å². The van der Waals surface area contributed by atoms with Crippen LogP contribution in [0.5, 0.6) is 5.75 Å². The molecule has 2 atom stereocenters. The second-order valence-corrected chi connectivity index (χ2v) is 5.19. The minimum atomic E-state index is -0.0761. The number of ether oxygens (including phenoxy) is 2. The molecule has 19 heavy (non-hydrogen) atoms. The number of carbonyl (C=O) groups is 1. The summed E-state index contributed by atoms with van der Waals surface area (Å²) in [6, 6.07) is 9.85. The third kappa shape index (κ3) is 4.93. The summed E-state index contributed by atoms with van der Waals surface area (Å²) in [5, 5.41) is 0. The molecule has 0 amide bonds. The SMILES string of the molecule is CC1CC(Oc2ccccc2)CCCCCC(=O)O1. The summed E-state index contributed by atoms with van der Waals surface area (Å²) in [7, 11) is 0. The van der Waals surface area contributed by atoms with E-state index < -0.39 is 0 Å². The molecule has 0 aromatic heterocycles. The van der Waals surface area contributed by atoms with E-state index in [-0.39, 0.29) is 18.2 Å². The molecule has 1 aliphatic rings. The standard InChI is InChI=1S/C16H22O3/c1-13-12-15(19-14-8-4-2-5-9-14)10-6-3-7-11-16(17)18-13/h2,4-5,8-9,13,15H,3,6-7,10-12H2,1H3. The number of rotatable bonds is 2. The first-order chi connectivity index (χ1) is 9.24. The van der Waals surface area contributed by atoms with Crippen LogP contribution in [0.3, 0.4) is 0 Å². The predicted molar refractivity (Wildman–Crippen MR) is 74.1 cm³/mol. The van der Waals surface area contributed by atoms with E-state index in [4.69, 9.17) is 9.47 Å². The molecule has 1 aromatic carbocycles. The molecule has 1 heterocycles. The van der Waals surface area contributed by atoms with E-state index >= 15 is 0 Å². The van der Waals surface area contributed by atoms with Gasteiger partial charge >= 0.3 is 5.97 Å². The smallest absolute Gasteiger partial charge is 0.306 e. The fourth-order valence-corrected chi connectivity index (χ4v) is 2.44. The maximum atomic E-state index is 11.5. The zero-order valence-corrected chi connectivity index (χ0v) is 11.5. The molecule has 0 aliphatic carbocycles. The minimum absolute atomic E-state index is 0.0701. The molecule has 1 fully saturated rings. The number of para-hydroxylation sites is 1. The number of hydrogen-bond acceptors (Lipinski definition) is 3. The Morgan fingerprint density at radius 3 is 2.74 bits per heavy atom. The zero-order chi connectivity index (χ0) is 13.5. The highest BCUT2D eigenvalue weighted by Crippen LogP contribution is 2.20. The molecule has 2 unspecified atom stereocenters. The quantitative estimate of drug-likeness (QED) is 0.762. The molecule has 0 radical (unpaired) electrons. The Kier molecular flexibility index (Phi) is 5.25. The van der Waals surface area contributed by atoms with Gasteiger partial charge in [-0.3, -0.25) is 4.79 Å². The number of cyclic esters (lactones) is 1. The van der Waals surface area contributed by atoms with E-state index in [1.54, 1.807) is 0 Å². The van der Waals surface area contributed by atoms with Crippen molar-refractivity contribution >= 4 is 5.97 Å². The van der Waals surface area contributed by atoms with Gasteiger partial charge in [0.05, 0.1) is 0 Å². The van der Waals surface area contributed by atoms with Gasteiger partial charge < -0.3 is 9.47 Å². The average molecular weight is 262 g/mol. The Morgan fingerprint density at radius 1 is 1.16 bits per heavy atom. The highest BCUT2D eigenvalue weighted by molar-refractivity contribution is 5.69. The van der Waals surface area contributed by atoms with Gasteiger partial charge in [-0.05, 0) is 38.3 Å². The third-order valence-electron chi connectivity index (χ3n) is 3.38. The Morgan fingerprint density at radius 2 is 1.95 bits per heavy atom. The first-order valence-electron chi connectivity index (χ1n) is 7.15. The fourth-order valence-electron chi connectivity index (χ4n) is 2.44. The number of carbonyl (C=O) groups excluding carboxylic acids is 1. The van der Waals surface area contributed by atoms with Gasteiger partial charge in [-0.25, -0.2) is 0 Å². The van der Waals surface area contributed by atoms with Crippen molar-refractivity contribution in [2.75, 3.05) is 0 Å². The highest BCUT2D eigenvalue weighted by Gasteiger charge is 2.19. The molecule has 2 rings (SSSR count). The second-order valence-electron chi connectivity index (χ2n) is 5.19. The molecule has 0 N–H and O–H groups in total. The van der Waals surface area contributed by atoms with Crippen molar-refractivity contribution < 1.29 is 14.3 Å². The van der Waals surface area contributed by atoms with Crippen LogP contribution in [0.4, 0.5) is 0 Å². The second kappa shape index (κ2) is 7.17. The Bertz CT molecular complexity index is 388. The lowest BCUT2D eigenvalue weighted by Gasteiger charge is -2.24. The maximum absolute atomic E-state index is 11.5. The number of hydrogen-bond donors (Lipinski definition) is 0. The van der Waals surface area contributed by atoms with Crippen molar-refractivity contribution in [2.24, 2.45) is 0 Å². The Labute approximate surface area is 114 Å². The van der Waals surface area contributed by atoms with Crippen LogP contribution in [0.15, 0.2) is 30.3 Å². The van der Waals surface area contributed by atoms with Crippen LogP contribution in [0.2, 0.25) is 0 Å². The Balaban J connectivity index is 1.94. The maximum Gasteiger partial charge on any atom is 0.306 e. The Hall–Kier alpha value is -1.51. The third-order valence-corrected chi connectivity index (χ3v) is 3.38. The van der Waals surface area contributed by atoms with Crippen LogP contribution >= 0.6 is 0 Å². The van der Waals surface area contributed by atoms with Crippen LogP contribution in [0.1, 0.15) is 45.4 Å². The molecule has 1 aliphatic heterocycles. The lowest BCUT2D eigenvalue weighted by molar-refractivity contribution is -0.149. The van der Waals surface area contributed by atoms with E-state index in [1.807, 2.05) is 37.3 Å². The van der Waals surface area contributed by atoms with Crippen LogP contribution in [-0.2, 0) is 9.53 Å². The van der Waals surface area contributed by atoms with Gasteiger partial charge in [0.1, 0.15) is 18.0 Å². The monoisotopic (exact) mass is 262 g/mol. The molecule has 3 heteroatoms. The first kappa shape index (κ1) is 13.9. The molecule has 1 saturated heterocycles. The van der Waals surface area contributed by atoms with Crippen molar-refractivity contribution in [1.29, 1.82) is 0 Å². The van der Waals surface area contributed by atoms with Crippen molar-refractivity contribution in [3.8, 4) is 5.75 Å². The van der Waals surface area contributed by atoms with Gasteiger partial charge in [0.15, 0.2) is 0 Å². The van der Waals surface area contributed by atoms with E-state index in [0.717, 1.165) is 37.9 Å². The molecular formula is C16H22O3. The van der Waals surface area contributed by atoms with Gasteiger partial charge in [-0.15, -0.1) is 0 Å². The molecule has 104 valence electrons. The van der Waals surface area contributed by atoms with Gasteiger partial charge in [-0.1, -0.05) is 24.6 Å². The predicted octanol–water partition coefficient (Wildman–Crippen LogP) is 3.72. The number of esters is 1. The van der Waals surface area contributed by atoms with E-state index in [9.17, 15) is 4.79 Å². The molecule has 0 bridgehead atoms. The van der Waals surface area contributed by atoms with E-state index in [2.05, 4.69) is 0 Å². The molecule has 1 aromatic rings. The fraction of sp³-hybridized carbons (Fsp3) is 0.562. The van der Waals surface area contributed by atoms with Crippen molar-refractivity contribution in [2.45, 2.75) is 57.7 Å². The van der Waals surface area contributed by atoms with Gasteiger partial charge in [-0.2, -0.15) is 0 Å². The van der Waals surface area contributed by atoms with Gasteiger partial charge in [0.2, 0.25) is 0 Å². The van der Waals surface area contributed by atoms with Crippen LogP contribution < -0.4 is 4.74 Å².